The van der Waals surface area contributed by atoms with Gasteiger partial charge < -0.3 is 8.85 Å². The van der Waals surface area contributed by atoms with Gasteiger partial charge in [0, 0.05) is 11.6 Å². The van der Waals surface area contributed by atoms with Crippen LogP contribution in [-0.2, 0) is 0 Å². The van der Waals surface area contributed by atoms with Gasteiger partial charge >= 0.3 is 0 Å². The molecule has 0 amide bonds. The molecule has 2 nitrogen and oxygen atoms in total. The van der Waals surface area contributed by atoms with E-state index in [0.717, 1.165) is 53.3 Å². The van der Waals surface area contributed by atoms with Crippen molar-refractivity contribution in [3.63, 3.8) is 0 Å². The minimum absolute atomic E-state index is 0.964. The van der Waals surface area contributed by atoms with Crippen molar-refractivity contribution in [2.45, 2.75) is 77.8 Å². The van der Waals surface area contributed by atoms with E-state index in [1.807, 2.05) is 6.08 Å². The van der Waals surface area contributed by atoms with Crippen LogP contribution in [0.1, 0.15) is 47.1 Å². The molecule has 0 aliphatic rings. The maximum absolute atomic E-state index is 6.63. The fourth-order valence-electron chi connectivity index (χ4n) is 3.25. The topological polar surface area (TPSA) is 18.5 Å². The molecule has 0 saturated carbocycles. The van der Waals surface area contributed by atoms with Crippen LogP contribution in [0.5, 0.6) is 11.5 Å². The molecule has 0 aromatic heterocycles. The van der Waals surface area contributed by atoms with Crippen molar-refractivity contribution in [1.82, 2.24) is 0 Å². The Morgan fingerprint density at radius 1 is 0.792 bits per heavy atom. The van der Waals surface area contributed by atoms with Crippen molar-refractivity contribution in [1.29, 1.82) is 0 Å². The molecule has 1 aromatic rings. The predicted octanol–water partition coefficient (Wildman–Crippen LogP) is 7.10. The van der Waals surface area contributed by atoms with Crippen LogP contribution < -0.4 is 8.85 Å². The first-order chi connectivity index (χ1) is 11.5. The van der Waals surface area contributed by atoms with Gasteiger partial charge in [0.05, 0.1) is 0 Å². The van der Waals surface area contributed by atoms with Gasteiger partial charge in [-0.25, -0.2) is 0 Å². The first kappa shape index (κ1) is 21.0. The molecule has 24 heavy (non-hydrogen) atoms. The molecule has 0 spiro atoms. The lowest BCUT2D eigenvalue weighted by atomic mass is 10.2. The quantitative estimate of drug-likeness (QED) is 0.390. The van der Waals surface area contributed by atoms with Gasteiger partial charge in [-0.05, 0) is 48.4 Å². The fourth-order valence-corrected chi connectivity index (χ4v) is 8.39. The van der Waals surface area contributed by atoms with Crippen LogP contribution in [0.3, 0.4) is 0 Å². The van der Waals surface area contributed by atoms with Crippen LogP contribution in [0.15, 0.2) is 24.8 Å². The first-order valence-corrected chi connectivity index (χ1v) is 14.7. The summed E-state index contributed by atoms with van der Waals surface area (Å²) in [6.45, 7) is 17.5. The van der Waals surface area contributed by atoms with Crippen LogP contribution in [0.4, 0.5) is 0 Å². The SMILES string of the molecule is C=Cc1ccc(O[Si](CC)(CC)CC)cc1O[Si](CC)(CC)CC. The van der Waals surface area contributed by atoms with E-state index in [1.165, 1.54) is 0 Å². The van der Waals surface area contributed by atoms with E-state index < -0.39 is 16.6 Å². The Labute approximate surface area is 151 Å². The first-order valence-electron chi connectivity index (χ1n) is 9.62. The Hall–Kier alpha value is -1.01. The summed E-state index contributed by atoms with van der Waals surface area (Å²) < 4.78 is 13.2. The third-order valence-electron chi connectivity index (χ3n) is 5.73. The number of hydrogen-bond acceptors (Lipinski definition) is 2. The van der Waals surface area contributed by atoms with Gasteiger partial charge in [-0.2, -0.15) is 0 Å². The monoisotopic (exact) mass is 364 g/mol. The number of rotatable bonds is 11. The summed E-state index contributed by atoms with van der Waals surface area (Å²) in [7, 11) is -3.37. The third kappa shape index (κ3) is 4.76. The fraction of sp³-hybridized carbons (Fsp3) is 0.600. The van der Waals surface area contributed by atoms with Gasteiger partial charge in [-0.3, -0.25) is 0 Å². The summed E-state index contributed by atoms with van der Waals surface area (Å²) in [6.07, 6.45) is 1.89. The summed E-state index contributed by atoms with van der Waals surface area (Å²) in [6, 6.07) is 13.2. The van der Waals surface area contributed by atoms with E-state index >= 15 is 0 Å². The third-order valence-corrected chi connectivity index (χ3v) is 14.8. The lowest BCUT2D eigenvalue weighted by Crippen LogP contribution is -2.40. The Kier molecular flexibility index (Phi) is 8.30. The summed E-state index contributed by atoms with van der Waals surface area (Å²) in [5.41, 5.74) is 1.08. The standard InChI is InChI=1S/C20H36O2Si2/c1-8-18-15-16-19(21-23(9-2,10-3)11-4)17-20(18)22-24(12-5,13-6)14-7/h8,15-17H,1,9-14H2,2-7H3. The van der Waals surface area contributed by atoms with Gasteiger partial charge in [0.25, 0.3) is 8.32 Å². The molecule has 0 saturated heterocycles. The average Bonchev–Trinajstić information content (AvgIpc) is 2.64. The summed E-state index contributed by atoms with van der Waals surface area (Å²) in [4.78, 5) is 0. The van der Waals surface area contributed by atoms with E-state index in [0.29, 0.717) is 0 Å². The molecule has 0 aliphatic heterocycles. The second kappa shape index (κ2) is 9.47. The second-order valence-corrected chi connectivity index (χ2v) is 16.0. The number of hydrogen-bond donors (Lipinski definition) is 0. The Morgan fingerprint density at radius 3 is 1.67 bits per heavy atom. The minimum Gasteiger partial charge on any atom is -0.543 e. The highest BCUT2D eigenvalue weighted by molar-refractivity contribution is 6.74. The molecule has 1 rings (SSSR count). The molecule has 4 heteroatoms. The van der Waals surface area contributed by atoms with Crippen LogP contribution in [0.25, 0.3) is 6.08 Å². The molecule has 0 radical (unpaired) electrons. The second-order valence-electron chi connectivity index (χ2n) is 6.60. The zero-order valence-electron chi connectivity index (χ0n) is 16.6. The number of benzene rings is 1. The van der Waals surface area contributed by atoms with E-state index in [4.69, 9.17) is 8.85 Å². The molecule has 0 N–H and O–H groups in total. The van der Waals surface area contributed by atoms with E-state index in [1.54, 1.807) is 0 Å². The van der Waals surface area contributed by atoms with E-state index in [2.05, 4.69) is 66.3 Å². The lowest BCUT2D eigenvalue weighted by molar-refractivity contribution is 0.509. The predicted molar refractivity (Wildman–Crippen MR) is 112 cm³/mol. The van der Waals surface area contributed by atoms with Crippen LogP contribution >= 0.6 is 0 Å². The molecule has 0 fully saturated rings. The zero-order valence-corrected chi connectivity index (χ0v) is 18.6. The van der Waals surface area contributed by atoms with Gasteiger partial charge in [0.2, 0.25) is 8.32 Å². The smallest absolute Gasteiger partial charge is 0.250 e. The van der Waals surface area contributed by atoms with Gasteiger partial charge in [-0.15, -0.1) is 0 Å². The molecule has 0 atom stereocenters. The Bertz CT molecular complexity index is 504. The van der Waals surface area contributed by atoms with E-state index in [9.17, 15) is 0 Å². The van der Waals surface area contributed by atoms with Crippen molar-refractivity contribution >= 4 is 22.7 Å². The van der Waals surface area contributed by atoms with Gasteiger partial charge in [0.1, 0.15) is 11.5 Å². The van der Waals surface area contributed by atoms with Crippen molar-refractivity contribution in [3.8, 4) is 11.5 Å². The summed E-state index contributed by atoms with van der Waals surface area (Å²) in [5, 5.41) is 0. The summed E-state index contributed by atoms with van der Waals surface area (Å²) in [5.74, 6) is 1.94. The van der Waals surface area contributed by atoms with Crippen molar-refractivity contribution in [3.05, 3.63) is 30.3 Å². The Balaban J connectivity index is 3.19. The molecular weight excluding hydrogens is 328 g/mol. The van der Waals surface area contributed by atoms with Crippen molar-refractivity contribution < 1.29 is 8.85 Å². The van der Waals surface area contributed by atoms with Gasteiger partial charge in [0.15, 0.2) is 0 Å². The molecule has 0 aliphatic carbocycles. The molecule has 0 bridgehead atoms. The molecule has 0 heterocycles. The lowest BCUT2D eigenvalue weighted by Gasteiger charge is -2.32. The molecule has 0 unspecified atom stereocenters. The highest BCUT2D eigenvalue weighted by Gasteiger charge is 2.33. The zero-order chi connectivity index (χ0) is 18.2. The largest absolute Gasteiger partial charge is 0.543 e. The van der Waals surface area contributed by atoms with Crippen molar-refractivity contribution in [2.24, 2.45) is 0 Å². The van der Waals surface area contributed by atoms with Crippen LogP contribution in [0, 0.1) is 0 Å². The molecular formula is C20H36O2Si2. The molecule has 136 valence electrons. The molecule has 1 aromatic carbocycles. The summed E-state index contributed by atoms with van der Waals surface area (Å²) >= 11 is 0. The van der Waals surface area contributed by atoms with E-state index in [-0.39, 0.29) is 0 Å². The Morgan fingerprint density at radius 2 is 1.25 bits per heavy atom. The highest BCUT2D eigenvalue weighted by Crippen LogP contribution is 2.34. The van der Waals surface area contributed by atoms with Crippen LogP contribution in [0.2, 0.25) is 36.3 Å². The maximum Gasteiger partial charge on any atom is 0.250 e. The van der Waals surface area contributed by atoms with Crippen molar-refractivity contribution in [2.75, 3.05) is 0 Å². The highest BCUT2D eigenvalue weighted by atomic mass is 28.4. The average molecular weight is 365 g/mol. The minimum atomic E-state index is -1.70. The van der Waals surface area contributed by atoms with Crippen LogP contribution in [-0.4, -0.2) is 16.6 Å². The normalized spacial score (nSPS) is 12.1. The maximum atomic E-state index is 6.63. The van der Waals surface area contributed by atoms with Gasteiger partial charge in [-0.1, -0.05) is 54.2 Å².